The molecule has 5 heteroatoms. The first-order valence-electron chi connectivity index (χ1n) is 6.04. The lowest BCUT2D eigenvalue weighted by Gasteiger charge is -2.09. The van der Waals surface area contributed by atoms with Crippen molar-refractivity contribution >= 4 is 11.3 Å². The molecule has 0 atom stereocenters. The van der Waals surface area contributed by atoms with Crippen LogP contribution >= 0.6 is 11.3 Å². The van der Waals surface area contributed by atoms with Crippen molar-refractivity contribution in [3.05, 3.63) is 39.3 Å². The zero-order chi connectivity index (χ0) is 13.8. The molecule has 19 heavy (non-hydrogen) atoms. The fraction of sp³-hybridized carbons (Fsp3) is 0.357. The second kappa shape index (κ2) is 6.04. The summed E-state index contributed by atoms with van der Waals surface area (Å²) in [6.07, 6.45) is 0.782. The third kappa shape index (κ3) is 3.05. The quantitative estimate of drug-likeness (QED) is 0.913. The van der Waals surface area contributed by atoms with Gasteiger partial charge in [0, 0.05) is 23.4 Å². The van der Waals surface area contributed by atoms with Crippen molar-refractivity contribution in [1.29, 1.82) is 0 Å². The number of aryl methyl sites for hydroxylation is 1. The minimum Gasteiger partial charge on any atom is -0.497 e. The zero-order valence-electron chi connectivity index (χ0n) is 11.4. The van der Waals surface area contributed by atoms with E-state index < -0.39 is 0 Å². The third-order valence-electron chi connectivity index (χ3n) is 2.95. The van der Waals surface area contributed by atoms with E-state index in [1.54, 1.807) is 25.6 Å². The molecule has 102 valence electrons. The van der Waals surface area contributed by atoms with Gasteiger partial charge >= 0.3 is 0 Å². The molecule has 2 aromatic rings. The molecular weight excluding hydrogens is 260 g/mol. The summed E-state index contributed by atoms with van der Waals surface area (Å²) in [6.45, 7) is 2.50. The van der Waals surface area contributed by atoms with Crippen molar-refractivity contribution in [3.8, 4) is 11.5 Å². The van der Waals surface area contributed by atoms with Crippen LogP contribution in [0, 0.1) is 6.92 Å². The second-order valence-corrected chi connectivity index (χ2v) is 5.34. The van der Waals surface area contributed by atoms with Crippen molar-refractivity contribution < 1.29 is 9.47 Å². The molecule has 2 N–H and O–H groups in total. The van der Waals surface area contributed by atoms with E-state index in [-0.39, 0.29) is 0 Å². The van der Waals surface area contributed by atoms with Crippen molar-refractivity contribution in [1.82, 2.24) is 4.98 Å². The predicted octanol–water partition coefficient (Wildman–Crippen LogP) is 2.52. The van der Waals surface area contributed by atoms with E-state index in [4.69, 9.17) is 15.2 Å². The van der Waals surface area contributed by atoms with Gasteiger partial charge in [0.2, 0.25) is 0 Å². The van der Waals surface area contributed by atoms with Crippen molar-refractivity contribution in [2.75, 3.05) is 14.2 Å². The van der Waals surface area contributed by atoms with E-state index in [2.05, 4.69) is 4.98 Å². The normalized spacial score (nSPS) is 10.5. The van der Waals surface area contributed by atoms with Gasteiger partial charge < -0.3 is 15.2 Å². The van der Waals surface area contributed by atoms with Crippen molar-refractivity contribution in [2.45, 2.75) is 19.9 Å². The fourth-order valence-electron chi connectivity index (χ4n) is 1.93. The first kappa shape index (κ1) is 13.8. The zero-order valence-corrected chi connectivity index (χ0v) is 12.2. The summed E-state index contributed by atoms with van der Waals surface area (Å²) < 4.78 is 10.7. The largest absolute Gasteiger partial charge is 0.497 e. The molecule has 0 unspecified atom stereocenters. The van der Waals surface area contributed by atoms with Crippen LogP contribution in [0.25, 0.3) is 0 Å². The Labute approximate surface area is 117 Å². The Balaban J connectivity index is 2.33. The highest BCUT2D eigenvalue weighted by Crippen LogP contribution is 2.29. The van der Waals surface area contributed by atoms with E-state index in [9.17, 15) is 0 Å². The average molecular weight is 278 g/mol. The van der Waals surface area contributed by atoms with Crippen LogP contribution < -0.4 is 15.2 Å². The number of thiazole rings is 1. The van der Waals surface area contributed by atoms with Gasteiger partial charge in [-0.25, -0.2) is 4.98 Å². The van der Waals surface area contributed by atoms with E-state index in [1.165, 1.54) is 4.88 Å². The summed E-state index contributed by atoms with van der Waals surface area (Å²) in [5.74, 6) is 1.69. The van der Waals surface area contributed by atoms with Crippen LogP contribution in [0.1, 0.15) is 21.1 Å². The highest BCUT2D eigenvalue weighted by Gasteiger charge is 2.11. The molecule has 1 aromatic heterocycles. The van der Waals surface area contributed by atoms with Gasteiger partial charge in [-0.2, -0.15) is 0 Å². The number of hydrogen-bond donors (Lipinski definition) is 1. The number of methoxy groups -OCH3 is 2. The van der Waals surface area contributed by atoms with Gasteiger partial charge in [0.05, 0.1) is 19.9 Å². The predicted molar refractivity (Wildman–Crippen MR) is 77.1 cm³/mol. The van der Waals surface area contributed by atoms with Gasteiger partial charge in [-0.1, -0.05) is 0 Å². The Kier molecular flexibility index (Phi) is 4.39. The van der Waals surface area contributed by atoms with E-state index in [1.807, 2.05) is 25.1 Å². The number of benzene rings is 1. The number of aromatic nitrogens is 1. The van der Waals surface area contributed by atoms with E-state index in [0.717, 1.165) is 34.2 Å². The number of rotatable bonds is 5. The molecule has 0 radical (unpaired) electrons. The second-order valence-electron chi connectivity index (χ2n) is 4.17. The maximum absolute atomic E-state index is 5.63. The van der Waals surface area contributed by atoms with E-state index >= 15 is 0 Å². The molecular formula is C14H18N2O2S. The number of hydrogen-bond acceptors (Lipinski definition) is 5. The SMILES string of the molecule is COc1ccc(OC)c(Cc2sc(CN)nc2C)c1. The van der Waals surface area contributed by atoms with Crippen LogP contribution in [0.15, 0.2) is 18.2 Å². The van der Waals surface area contributed by atoms with Crippen LogP contribution in [0.3, 0.4) is 0 Å². The minimum absolute atomic E-state index is 0.487. The molecule has 0 aliphatic carbocycles. The Hall–Kier alpha value is -1.59. The summed E-state index contributed by atoms with van der Waals surface area (Å²) in [7, 11) is 3.34. The van der Waals surface area contributed by atoms with Crippen LogP contribution in [-0.4, -0.2) is 19.2 Å². The molecule has 0 aliphatic rings. The molecule has 0 bridgehead atoms. The summed E-state index contributed by atoms with van der Waals surface area (Å²) in [5.41, 5.74) is 7.76. The van der Waals surface area contributed by atoms with Crippen molar-refractivity contribution in [2.24, 2.45) is 5.73 Å². The molecule has 0 amide bonds. The molecule has 0 aliphatic heterocycles. The summed E-state index contributed by atoms with van der Waals surface area (Å²) in [6, 6.07) is 5.82. The minimum atomic E-state index is 0.487. The van der Waals surface area contributed by atoms with E-state index in [0.29, 0.717) is 6.54 Å². The molecule has 1 heterocycles. The smallest absolute Gasteiger partial charge is 0.122 e. The van der Waals surface area contributed by atoms with Gasteiger partial charge in [0.1, 0.15) is 16.5 Å². The van der Waals surface area contributed by atoms with Gasteiger partial charge in [0.15, 0.2) is 0 Å². The highest BCUT2D eigenvalue weighted by atomic mass is 32.1. The lowest BCUT2D eigenvalue weighted by molar-refractivity contribution is 0.399. The molecule has 0 spiro atoms. The van der Waals surface area contributed by atoms with Crippen LogP contribution in [0.5, 0.6) is 11.5 Å². The van der Waals surface area contributed by atoms with Crippen LogP contribution in [0.4, 0.5) is 0 Å². The molecule has 0 fully saturated rings. The molecule has 0 saturated carbocycles. The maximum Gasteiger partial charge on any atom is 0.122 e. The Morgan fingerprint density at radius 1 is 1.26 bits per heavy atom. The monoisotopic (exact) mass is 278 g/mol. The van der Waals surface area contributed by atoms with Gasteiger partial charge in [-0.15, -0.1) is 11.3 Å². The van der Waals surface area contributed by atoms with Gasteiger partial charge in [0.25, 0.3) is 0 Å². The Morgan fingerprint density at radius 2 is 2.05 bits per heavy atom. The van der Waals surface area contributed by atoms with Gasteiger partial charge in [-0.05, 0) is 25.1 Å². The summed E-state index contributed by atoms with van der Waals surface area (Å²) >= 11 is 1.65. The standard InChI is InChI=1S/C14H18N2O2S/c1-9-13(19-14(8-15)16-9)7-10-6-11(17-2)4-5-12(10)18-3/h4-6H,7-8,15H2,1-3H3. The highest BCUT2D eigenvalue weighted by molar-refractivity contribution is 7.11. The Morgan fingerprint density at radius 3 is 2.63 bits per heavy atom. The fourth-order valence-corrected chi connectivity index (χ4v) is 2.90. The van der Waals surface area contributed by atoms with Gasteiger partial charge in [-0.3, -0.25) is 0 Å². The number of nitrogens with two attached hydrogens (primary N) is 1. The summed E-state index contributed by atoms with van der Waals surface area (Å²) in [5, 5.41) is 0.967. The lowest BCUT2D eigenvalue weighted by Crippen LogP contribution is -1.95. The topological polar surface area (TPSA) is 57.4 Å². The molecule has 0 saturated heterocycles. The number of nitrogens with zero attached hydrogens (tertiary/aromatic N) is 1. The summed E-state index contributed by atoms with van der Waals surface area (Å²) in [4.78, 5) is 5.66. The van der Waals surface area contributed by atoms with Crippen molar-refractivity contribution in [3.63, 3.8) is 0 Å². The maximum atomic E-state index is 5.63. The first-order chi connectivity index (χ1) is 9.17. The molecule has 2 rings (SSSR count). The van der Waals surface area contributed by atoms with Crippen LogP contribution in [-0.2, 0) is 13.0 Å². The number of ether oxygens (including phenoxy) is 2. The third-order valence-corrected chi connectivity index (χ3v) is 4.13. The first-order valence-corrected chi connectivity index (χ1v) is 6.85. The van der Waals surface area contributed by atoms with Crippen LogP contribution in [0.2, 0.25) is 0 Å². The Bertz CT molecular complexity index is 567. The lowest BCUT2D eigenvalue weighted by atomic mass is 10.1. The average Bonchev–Trinajstić information content (AvgIpc) is 2.79. The molecule has 4 nitrogen and oxygen atoms in total. The molecule has 1 aromatic carbocycles.